The summed E-state index contributed by atoms with van der Waals surface area (Å²) in [5.41, 5.74) is 3.49. The Morgan fingerprint density at radius 1 is 0.804 bits per heavy atom. The SMILES string of the molecule is COc1ccc(Nc2nccc3c(NC(=O)c4cccc5c(NCc6ccc(OC)cc6OC)ncnc45)c(C)ccc23)c(F)c1. The zero-order valence-electron chi connectivity index (χ0n) is 25.6. The second-order valence-corrected chi connectivity index (χ2v) is 10.4. The second kappa shape index (κ2) is 12.9. The third kappa shape index (κ3) is 5.90. The number of carbonyl (C=O) groups is 1. The number of ether oxygens (including phenoxy) is 3. The Kier molecular flexibility index (Phi) is 8.46. The van der Waals surface area contributed by atoms with Crippen molar-refractivity contribution in [2.75, 3.05) is 37.3 Å². The molecule has 0 unspecified atom stereocenters. The molecule has 2 aromatic heterocycles. The first-order valence-corrected chi connectivity index (χ1v) is 14.4. The van der Waals surface area contributed by atoms with Crippen LogP contribution in [0.25, 0.3) is 21.7 Å². The van der Waals surface area contributed by atoms with Crippen molar-refractivity contribution in [3.05, 3.63) is 108 Å². The number of halogens is 1. The van der Waals surface area contributed by atoms with Gasteiger partial charge in [0.15, 0.2) is 0 Å². The van der Waals surface area contributed by atoms with Gasteiger partial charge in [0.1, 0.15) is 41.0 Å². The minimum absolute atomic E-state index is 0.247. The molecule has 0 bridgehead atoms. The highest BCUT2D eigenvalue weighted by Gasteiger charge is 2.18. The number of aromatic nitrogens is 3. The van der Waals surface area contributed by atoms with Crippen molar-refractivity contribution in [1.29, 1.82) is 0 Å². The quantitative estimate of drug-likeness (QED) is 0.146. The van der Waals surface area contributed by atoms with Crippen molar-refractivity contribution in [2.45, 2.75) is 13.5 Å². The molecule has 232 valence electrons. The molecule has 0 aliphatic heterocycles. The Balaban J connectivity index is 1.29. The van der Waals surface area contributed by atoms with Crippen molar-refractivity contribution in [2.24, 2.45) is 0 Å². The molecule has 0 aliphatic rings. The van der Waals surface area contributed by atoms with Gasteiger partial charge in [-0.15, -0.1) is 0 Å². The lowest BCUT2D eigenvalue weighted by Crippen LogP contribution is -2.14. The van der Waals surface area contributed by atoms with Crippen molar-refractivity contribution < 1.29 is 23.4 Å². The van der Waals surface area contributed by atoms with Crippen LogP contribution in [-0.4, -0.2) is 42.2 Å². The lowest BCUT2D eigenvalue weighted by atomic mass is 10.0. The number of methoxy groups -OCH3 is 3. The van der Waals surface area contributed by atoms with Crippen molar-refractivity contribution in [3.63, 3.8) is 0 Å². The summed E-state index contributed by atoms with van der Waals surface area (Å²) in [5.74, 6) is 1.99. The summed E-state index contributed by atoms with van der Waals surface area (Å²) in [4.78, 5) is 27.2. The van der Waals surface area contributed by atoms with E-state index in [0.717, 1.165) is 16.5 Å². The van der Waals surface area contributed by atoms with Gasteiger partial charge in [-0.2, -0.15) is 0 Å². The molecular weight excluding hydrogens is 587 g/mol. The molecule has 0 spiro atoms. The van der Waals surface area contributed by atoms with Gasteiger partial charge in [0.05, 0.1) is 43.8 Å². The number of rotatable bonds is 10. The van der Waals surface area contributed by atoms with E-state index < -0.39 is 5.82 Å². The standard InChI is InChI=1S/C35H31FN6O4/c1-20-8-12-25-24(14-15-37-34(25)41-29-13-11-22(44-2)16-28(29)36)31(20)42-35(43)27-7-5-6-26-32(27)39-19-40-33(26)38-18-21-9-10-23(45-3)17-30(21)46-4/h5-17,19H,18H2,1-4H3,(H,37,41)(H,42,43)(H,38,39,40). The van der Waals surface area contributed by atoms with Crippen LogP contribution in [-0.2, 0) is 6.54 Å². The number of carbonyl (C=O) groups excluding carboxylic acids is 1. The summed E-state index contributed by atoms with van der Waals surface area (Å²) >= 11 is 0. The van der Waals surface area contributed by atoms with Gasteiger partial charge < -0.3 is 30.2 Å². The zero-order chi connectivity index (χ0) is 32.2. The average Bonchev–Trinajstić information content (AvgIpc) is 3.09. The third-order valence-electron chi connectivity index (χ3n) is 7.67. The molecule has 0 saturated heterocycles. The first-order chi connectivity index (χ1) is 22.4. The molecule has 11 heteroatoms. The van der Waals surface area contributed by atoms with Crippen LogP contribution in [0.3, 0.4) is 0 Å². The summed E-state index contributed by atoms with van der Waals surface area (Å²) < 4.78 is 30.7. The molecule has 6 rings (SSSR count). The van der Waals surface area contributed by atoms with E-state index in [0.29, 0.717) is 63.0 Å². The Morgan fingerprint density at radius 2 is 1.61 bits per heavy atom. The van der Waals surface area contributed by atoms with Crippen LogP contribution in [0.2, 0.25) is 0 Å². The van der Waals surface area contributed by atoms with Crippen molar-refractivity contribution >= 4 is 50.6 Å². The number of hydrogen-bond acceptors (Lipinski definition) is 9. The summed E-state index contributed by atoms with van der Waals surface area (Å²) in [6.45, 7) is 2.34. The smallest absolute Gasteiger partial charge is 0.257 e. The summed E-state index contributed by atoms with van der Waals surface area (Å²) in [5, 5.41) is 11.6. The molecule has 2 heterocycles. The fourth-order valence-corrected chi connectivity index (χ4v) is 5.25. The van der Waals surface area contributed by atoms with E-state index >= 15 is 0 Å². The molecule has 4 aromatic carbocycles. The number of aryl methyl sites for hydroxylation is 1. The van der Waals surface area contributed by atoms with Crippen LogP contribution in [0.4, 0.5) is 27.4 Å². The Labute approximate surface area is 264 Å². The topological polar surface area (TPSA) is 120 Å². The van der Waals surface area contributed by atoms with Crippen LogP contribution in [0.1, 0.15) is 21.5 Å². The third-order valence-corrected chi connectivity index (χ3v) is 7.67. The van der Waals surface area contributed by atoms with E-state index in [1.165, 1.54) is 19.5 Å². The molecule has 0 aliphatic carbocycles. The van der Waals surface area contributed by atoms with E-state index in [1.54, 1.807) is 44.7 Å². The van der Waals surface area contributed by atoms with E-state index in [-0.39, 0.29) is 11.6 Å². The first kappa shape index (κ1) is 30.1. The number of para-hydroxylation sites is 1. The van der Waals surface area contributed by atoms with E-state index in [1.807, 2.05) is 49.4 Å². The maximum absolute atomic E-state index is 14.7. The van der Waals surface area contributed by atoms with Crippen LogP contribution in [0.15, 0.2) is 85.3 Å². The van der Waals surface area contributed by atoms with Crippen molar-refractivity contribution in [1.82, 2.24) is 15.0 Å². The zero-order valence-corrected chi connectivity index (χ0v) is 25.6. The number of anilines is 4. The normalized spacial score (nSPS) is 10.9. The minimum Gasteiger partial charge on any atom is -0.497 e. The molecule has 0 saturated carbocycles. The molecule has 46 heavy (non-hydrogen) atoms. The highest BCUT2D eigenvalue weighted by molar-refractivity contribution is 6.16. The van der Waals surface area contributed by atoms with Gasteiger partial charge in [-0.1, -0.05) is 18.2 Å². The number of nitrogens with one attached hydrogen (secondary N) is 3. The number of amides is 1. The molecule has 3 N–H and O–H groups in total. The summed E-state index contributed by atoms with van der Waals surface area (Å²) in [6, 6.07) is 21.1. The number of benzene rings is 4. The first-order valence-electron chi connectivity index (χ1n) is 14.4. The Bertz CT molecular complexity index is 2090. The number of hydrogen-bond donors (Lipinski definition) is 3. The fourth-order valence-electron chi connectivity index (χ4n) is 5.25. The molecular formula is C35H31FN6O4. The van der Waals surface area contributed by atoms with Crippen molar-refractivity contribution in [3.8, 4) is 17.2 Å². The highest BCUT2D eigenvalue weighted by atomic mass is 19.1. The maximum Gasteiger partial charge on any atom is 0.257 e. The fraction of sp³-hybridized carbons (Fsp3) is 0.143. The summed E-state index contributed by atoms with van der Waals surface area (Å²) in [6.07, 6.45) is 3.04. The van der Waals surface area contributed by atoms with Crippen LogP contribution in [0, 0.1) is 12.7 Å². The molecule has 6 aromatic rings. The Morgan fingerprint density at radius 3 is 2.39 bits per heavy atom. The molecule has 1 amide bonds. The van der Waals surface area contributed by atoms with Crippen LogP contribution < -0.4 is 30.2 Å². The average molecular weight is 619 g/mol. The second-order valence-electron chi connectivity index (χ2n) is 10.4. The predicted molar refractivity (Wildman–Crippen MR) is 177 cm³/mol. The van der Waals surface area contributed by atoms with E-state index in [9.17, 15) is 9.18 Å². The van der Waals surface area contributed by atoms with Crippen LogP contribution >= 0.6 is 0 Å². The number of pyridine rings is 1. The lowest BCUT2D eigenvalue weighted by Gasteiger charge is -2.16. The molecule has 0 radical (unpaired) electrons. The van der Waals surface area contributed by atoms with E-state index in [2.05, 4.69) is 30.9 Å². The van der Waals surface area contributed by atoms with Gasteiger partial charge in [0.25, 0.3) is 5.91 Å². The van der Waals surface area contributed by atoms with Gasteiger partial charge in [0, 0.05) is 46.6 Å². The maximum atomic E-state index is 14.7. The minimum atomic E-state index is -0.478. The number of fused-ring (bicyclic) bond motifs is 2. The predicted octanol–water partition coefficient (Wildman–Crippen LogP) is 7.26. The van der Waals surface area contributed by atoms with Gasteiger partial charge in [-0.3, -0.25) is 4.79 Å². The summed E-state index contributed by atoms with van der Waals surface area (Å²) in [7, 11) is 4.69. The van der Waals surface area contributed by atoms with Gasteiger partial charge in [-0.05, 0) is 55.0 Å². The molecule has 10 nitrogen and oxygen atoms in total. The van der Waals surface area contributed by atoms with Gasteiger partial charge in [0.2, 0.25) is 0 Å². The van der Waals surface area contributed by atoms with Gasteiger partial charge >= 0.3 is 0 Å². The molecule has 0 atom stereocenters. The van der Waals surface area contributed by atoms with E-state index in [4.69, 9.17) is 14.2 Å². The highest BCUT2D eigenvalue weighted by Crippen LogP contribution is 2.34. The Hall–Kier alpha value is -5.97. The van der Waals surface area contributed by atoms with Gasteiger partial charge in [-0.25, -0.2) is 19.3 Å². The molecule has 0 fully saturated rings. The largest absolute Gasteiger partial charge is 0.497 e. The number of nitrogens with zero attached hydrogens (tertiary/aromatic N) is 3. The monoisotopic (exact) mass is 618 g/mol. The lowest BCUT2D eigenvalue weighted by molar-refractivity contribution is 0.102. The van der Waals surface area contributed by atoms with Crippen LogP contribution in [0.5, 0.6) is 17.2 Å².